The highest BCUT2D eigenvalue weighted by molar-refractivity contribution is 6.28. The first-order chi connectivity index (χ1) is 7.40. The zero-order valence-corrected chi connectivity index (χ0v) is 10.8. The van der Waals surface area contributed by atoms with E-state index in [-0.39, 0.29) is 16.7 Å². The van der Waals surface area contributed by atoms with Crippen molar-refractivity contribution in [1.29, 1.82) is 0 Å². The molecule has 0 spiro atoms. The van der Waals surface area contributed by atoms with Gasteiger partial charge in [0.1, 0.15) is 0 Å². The van der Waals surface area contributed by atoms with Crippen LogP contribution in [-0.4, -0.2) is 28.6 Å². The molecule has 1 aromatic rings. The molecule has 0 atom stereocenters. The molecule has 0 unspecified atom stereocenters. The second-order valence-corrected chi connectivity index (χ2v) is 4.96. The van der Waals surface area contributed by atoms with E-state index >= 15 is 0 Å². The highest BCUT2D eigenvalue weighted by atomic mass is 35.5. The number of ether oxygens (including phenoxy) is 1. The van der Waals surface area contributed by atoms with Crippen molar-refractivity contribution in [2.24, 2.45) is 5.41 Å². The Balaban J connectivity index is 2.57. The van der Waals surface area contributed by atoms with Crippen molar-refractivity contribution >= 4 is 17.5 Å². The maximum Gasteiger partial charge on any atom is 0.322 e. The molecule has 1 N–H and O–H groups in total. The van der Waals surface area contributed by atoms with Gasteiger partial charge in [-0.15, -0.1) is 0 Å². The predicted molar refractivity (Wildman–Crippen MR) is 64.0 cm³/mol. The summed E-state index contributed by atoms with van der Waals surface area (Å²) in [7, 11) is 1.71. The monoisotopic (exact) mass is 244 g/mol. The lowest BCUT2D eigenvalue weighted by molar-refractivity contribution is 0.228. The first kappa shape index (κ1) is 13.0. The Kier molecular flexibility index (Phi) is 4.29. The molecular weight excluding hydrogens is 228 g/mol. The molecule has 0 saturated heterocycles. The molecule has 16 heavy (non-hydrogen) atoms. The number of nitrogens with one attached hydrogen (secondary N) is 1. The summed E-state index contributed by atoms with van der Waals surface area (Å²) in [5.74, 6) is 0.408. The van der Waals surface area contributed by atoms with Gasteiger partial charge < -0.3 is 10.1 Å². The predicted octanol–water partition coefficient (Wildman–Crippen LogP) is 2.38. The van der Waals surface area contributed by atoms with Crippen LogP contribution in [0.1, 0.15) is 27.2 Å². The molecule has 0 radical (unpaired) electrons. The van der Waals surface area contributed by atoms with E-state index in [1.807, 2.05) is 0 Å². The lowest BCUT2D eigenvalue weighted by atomic mass is 9.93. The minimum absolute atomic E-state index is 0.130. The van der Waals surface area contributed by atoms with E-state index in [2.05, 4.69) is 41.0 Å². The Morgan fingerprint density at radius 2 is 1.94 bits per heavy atom. The minimum Gasteiger partial charge on any atom is -0.463 e. The van der Waals surface area contributed by atoms with E-state index in [0.717, 1.165) is 6.42 Å². The van der Waals surface area contributed by atoms with Gasteiger partial charge in [-0.1, -0.05) is 20.8 Å². The molecule has 1 rings (SSSR count). The van der Waals surface area contributed by atoms with Gasteiger partial charge in [0, 0.05) is 7.05 Å². The third-order valence-corrected chi connectivity index (χ3v) is 2.06. The van der Waals surface area contributed by atoms with Gasteiger partial charge >= 0.3 is 6.01 Å². The van der Waals surface area contributed by atoms with Crippen molar-refractivity contribution in [2.75, 3.05) is 19.0 Å². The molecule has 1 heterocycles. The van der Waals surface area contributed by atoms with Gasteiger partial charge in [0.2, 0.25) is 11.2 Å². The molecule has 1 aromatic heterocycles. The van der Waals surface area contributed by atoms with Crippen LogP contribution in [0.4, 0.5) is 5.95 Å². The maximum atomic E-state index is 5.72. The minimum atomic E-state index is 0.130. The van der Waals surface area contributed by atoms with Crippen molar-refractivity contribution in [3.63, 3.8) is 0 Å². The van der Waals surface area contributed by atoms with Crippen LogP contribution in [0.25, 0.3) is 0 Å². The Bertz CT molecular complexity index is 351. The molecule has 0 aromatic carbocycles. The van der Waals surface area contributed by atoms with E-state index in [9.17, 15) is 0 Å². The third kappa shape index (κ3) is 4.61. The lowest BCUT2D eigenvalue weighted by Crippen LogP contribution is -2.12. The molecule has 90 valence electrons. The molecular formula is C10H17ClN4O. The fraction of sp³-hybridized carbons (Fsp3) is 0.700. The molecule has 0 aliphatic heterocycles. The first-order valence-electron chi connectivity index (χ1n) is 5.13. The van der Waals surface area contributed by atoms with Crippen LogP contribution in [0, 0.1) is 5.41 Å². The van der Waals surface area contributed by atoms with Crippen LogP contribution in [0.15, 0.2) is 0 Å². The Hall–Kier alpha value is -1.10. The van der Waals surface area contributed by atoms with Gasteiger partial charge in [0.05, 0.1) is 6.61 Å². The number of aromatic nitrogens is 3. The third-order valence-electron chi connectivity index (χ3n) is 1.89. The zero-order chi connectivity index (χ0) is 12.2. The highest BCUT2D eigenvalue weighted by Crippen LogP contribution is 2.19. The quantitative estimate of drug-likeness (QED) is 0.881. The standard InChI is InChI=1S/C10H17ClN4O/c1-10(2,3)5-6-16-9-14-7(11)13-8(12-4)15-9/h5-6H2,1-4H3,(H,12,13,14,15). The summed E-state index contributed by atoms with van der Waals surface area (Å²) < 4.78 is 5.42. The van der Waals surface area contributed by atoms with Gasteiger partial charge in [-0.2, -0.15) is 15.0 Å². The van der Waals surface area contributed by atoms with Crippen LogP contribution in [0.5, 0.6) is 6.01 Å². The van der Waals surface area contributed by atoms with Crippen LogP contribution in [0.3, 0.4) is 0 Å². The fourth-order valence-electron chi connectivity index (χ4n) is 0.957. The number of rotatable bonds is 4. The van der Waals surface area contributed by atoms with Crippen molar-refractivity contribution < 1.29 is 4.74 Å². The van der Waals surface area contributed by atoms with Crippen LogP contribution >= 0.6 is 11.6 Å². The number of hydrogen-bond donors (Lipinski definition) is 1. The van der Waals surface area contributed by atoms with Crippen molar-refractivity contribution in [2.45, 2.75) is 27.2 Å². The summed E-state index contributed by atoms with van der Waals surface area (Å²) >= 11 is 5.72. The molecule has 0 bridgehead atoms. The Morgan fingerprint density at radius 3 is 2.50 bits per heavy atom. The first-order valence-corrected chi connectivity index (χ1v) is 5.50. The summed E-state index contributed by atoms with van der Waals surface area (Å²) in [6, 6.07) is 0.258. The van der Waals surface area contributed by atoms with E-state index in [4.69, 9.17) is 16.3 Å². The van der Waals surface area contributed by atoms with E-state index in [1.54, 1.807) is 7.05 Å². The number of halogens is 1. The largest absolute Gasteiger partial charge is 0.463 e. The van der Waals surface area contributed by atoms with Gasteiger partial charge in [-0.25, -0.2) is 0 Å². The smallest absolute Gasteiger partial charge is 0.322 e. The van der Waals surface area contributed by atoms with E-state index in [0.29, 0.717) is 12.6 Å². The van der Waals surface area contributed by atoms with Crippen molar-refractivity contribution in [1.82, 2.24) is 15.0 Å². The molecule has 0 amide bonds. The Labute approximate surface area is 101 Å². The maximum absolute atomic E-state index is 5.72. The zero-order valence-electron chi connectivity index (χ0n) is 10.0. The number of anilines is 1. The van der Waals surface area contributed by atoms with Gasteiger partial charge in [-0.05, 0) is 23.4 Å². The molecule has 6 heteroatoms. The van der Waals surface area contributed by atoms with Crippen molar-refractivity contribution in [3.05, 3.63) is 5.28 Å². The summed E-state index contributed by atoms with van der Waals surface area (Å²) in [6.45, 7) is 7.01. The molecule has 0 aliphatic carbocycles. The Morgan fingerprint density at radius 1 is 1.25 bits per heavy atom. The summed E-state index contributed by atoms with van der Waals surface area (Å²) in [5.41, 5.74) is 0.225. The lowest BCUT2D eigenvalue weighted by Gasteiger charge is -2.17. The fourth-order valence-corrected chi connectivity index (χ4v) is 1.11. The second kappa shape index (κ2) is 5.30. The normalized spacial score (nSPS) is 11.3. The average molecular weight is 245 g/mol. The topological polar surface area (TPSA) is 59.9 Å². The van der Waals surface area contributed by atoms with Gasteiger partial charge in [-0.3, -0.25) is 0 Å². The summed E-state index contributed by atoms with van der Waals surface area (Å²) in [6.07, 6.45) is 0.922. The van der Waals surface area contributed by atoms with Crippen LogP contribution in [0.2, 0.25) is 5.28 Å². The molecule has 0 aliphatic rings. The number of hydrogen-bond acceptors (Lipinski definition) is 5. The molecule has 0 saturated carbocycles. The molecule has 5 nitrogen and oxygen atoms in total. The van der Waals surface area contributed by atoms with Gasteiger partial charge in [0.15, 0.2) is 0 Å². The summed E-state index contributed by atoms with van der Waals surface area (Å²) in [5, 5.41) is 2.92. The molecule has 0 fully saturated rings. The number of nitrogens with zero attached hydrogens (tertiary/aromatic N) is 3. The van der Waals surface area contributed by atoms with E-state index in [1.165, 1.54) is 0 Å². The second-order valence-electron chi connectivity index (χ2n) is 4.62. The van der Waals surface area contributed by atoms with Crippen molar-refractivity contribution in [3.8, 4) is 6.01 Å². The van der Waals surface area contributed by atoms with Crippen LogP contribution < -0.4 is 10.1 Å². The summed E-state index contributed by atoms with van der Waals surface area (Å²) in [4.78, 5) is 11.8. The highest BCUT2D eigenvalue weighted by Gasteiger charge is 2.11. The average Bonchev–Trinajstić information content (AvgIpc) is 2.14. The van der Waals surface area contributed by atoms with E-state index < -0.39 is 0 Å². The SMILES string of the molecule is CNc1nc(Cl)nc(OCCC(C)(C)C)n1. The van der Waals surface area contributed by atoms with Crippen LogP contribution in [-0.2, 0) is 0 Å². The van der Waals surface area contributed by atoms with Gasteiger partial charge in [0.25, 0.3) is 0 Å².